The first kappa shape index (κ1) is 21.7. The molecule has 2 aromatic rings. The van der Waals surface area contributed by atoms with Gasteiger partial charge in [0.25, 0.3) is 0 Å². The molecule has 1 heterocycles. The summed E-state index contributed by atoms with van der Waals surface area (Å²) in [5, 5.41) is 4.28. The van der Waals surface area contributed by atoms with E-state index in [9.17, 15) is 4.79 Å². The first-order chi connectivity index (χ1) is 12.3. The van der Waals surface area contributed by atoms with Crippen LogP contribution in [0, 0.1) is 5.41 Å². The number of benzene rings is 1. The van der Waals surface area contributed by atoms with Crippen molar-refractivity contribution < 1.29 is 9.53 Å². The minimum Gasteiger partial charge on any atom is -0.378 e. The molecule has 4 N–H and O–H groups in total. The Morgan fingerprint density at radius 1 is 1.33 bits per heavy atom. The van der Waals surface area contributed by atoms with Crippen molar-refractivity contribution in [1.82, 2.24) is 10.3 Å². The maximum atomic E-state index is 12.7. The Kier molecular flexibility index (Phi) is 6.61. The largest absolute Gasteiger partial charge is 0.378 e. The van der Waals surface area contributed by atoms with Crippen molar-refractivity contribution in [2.24, 2.45) is 11.1 Å². The molecule has 1 amide bonds. The average Bonchev–Trinajstić information content (AvgIpc) is 3.04. The SMILES string of the molecule is CCOC1CC(N)(C(=O)NCCc2c[nH]c3c(CC)cccc23)C1(C)C.Cl. The molecule has 3 rings (SSSR count). The standard InChI is InChI=1S/C21H31N3O2.ClH/c1-5-14-8-7-9-16-15(13-24-18(14)16)10-11-23-19(25)21(22)12-17(26-6-2)20(21,3)4;/h7-9,13,17,24H,5-6,10-12,22H2,1-4H3,(H,23,25);1H. The molecule has 0 radical (unpaired) electrons. The third-order valence-corrected chi connectivity index (χ3v) is 6.18. The van der Waals surface area contributed by atoms with Crippen LogP contribution in [0.25, 0.3) is 10.9 Å². The topological polar surface area (TPSA) is 80.1 Å². The van der Waals surface area contributed by atoms with E-state index in [1.165, 1.54) is 22.0 Å². The van der Waals surface area contributed by atoms with Crippen LogP contribution in [0.15, 0.2) is 24.4 Å². The Morgan fingerprint density at radius 3 is 2.70 bits per heavy atom. The predicted molar refractivity (Wildman–Crippen MR) is 112 cm³/mol. The van der Waals surface area contributed by atoms with E-state index in [2.05, 4.69) is 35.4 Å². The highest BCUT2D eigenvalue weighted by molar-refractivity contribution is 5.89. The number of hydrogen-bond acceptors (Lipinski definition) is 3. The van der Waals surface area contributed by atoms with Crippen molar-refractivity contribution in [3.63, 3.8) is 0 Å². The van der Waals surface area contributed by atoms with Crippen molar-refractivity contribution in [3.05, 3.63) is 35.5 Å². The van der Waals surface area contributed by atoms with E-state index in [-0.39, 0.29) is 29.8 Å². The van der Waals surface area contributed by atoms with E-state index in [1.54, 1.807) is 0 Å². The number of H-pyrrole nitrogens is 1. The third-order valence-electron chi connectivity index (χ3n) is 6.18. The summed E-state index contributed by atoms with van der Waals surface area (Å²) < 4.78 is 5.71. The number of nitrogens with two attached hydrogens (primary N) is 1. The number of carbonyl (C=O) groups is 1. The van der Waals surface area contributed by atoms with Crippen LogP contribution >= 0.6 is 12.4 Å². The monoisotopic (exact) mass is 393 g/mol. The van der Waals surface area contributed by atoms with Crippen LogP contribution in [0.3, 0.4) is 0 Å². The molecule has 5 nitrogen and oxygen atoms in total. The molecular weight excluding hydrogens is 362 g/mol. The van der Waals surface area contributed by atoms with Gasteiger partial charge in [0, 0.05) is 42.1 Å². The van der Waals surface area contributed by atoms with Crippen molar-refractivity contribution >= 4 is 29.2 Å². The first-order valence-corrected chi connectivity index (χ1v) is 9.61. The summed E-state index contributed by atoms with van der Waals surface area (Å²) in [5.74, 6) is -0.0764. The summed E-state index contributed by atoms with van der Waals surface area (Å²) in [4.78, 5) is 16.1. The van der Waals surface area contributed by atoms with Crippen LogP contribution in [0.4, 0.5) is 0 Å². The van der Waals surface area contributed by atoms with Crippen molar-refractivity contribution in [2.45, 2.75) is 58.6 Å². The summed E-state index contributed by atoms with van der Waals surface area (Å²) in [5.41, 5.74) is 8.96. The van der Waals surface area contributed by atoms with Gasteiger partial charge in [-0.15, -0.1) is 12.4 Å². The van der Waals surface area contributed by atoms with E-state index < -0.39 is 5.54 Å². The summed E-state index contributed by atoms with van der Waals surface area (Å²) in [6.07, 6.45) is 4.45. The Balaban J connectivity index is 0.00000261. The lowest BCUT2D eigenvalue weighted by Crippen LogP contribution is -2.75. The summed E-state index contributed by atoms with van der Waals surface area (Å²) in [7, 11) is 0. The normalized spacial score (nSPS) is 23.5. The number of halogens is 1. The Bertz CT molecular complexity index is 802. The van der Waals surface area contributed by atoms with E-state index in [4.69, 9.17) is 10.5 Å². The lowest BCUT2D eigenvalue weighted by molar-refractivity contribution is -0.170. The Hall–Kier alpha value is -1.56. The highest BCUT2D eigenvalue weighted by Crippen LogP contribution is 2.49. The van der Waals surface area contributed by atoms with Gasteiger partial charge in [0.2, 0.25) is 5.91 Å². The van der Waals surface area contributed by atoms with E-state index in [1.807, 2.05) is 27.0 Å². The molecule has 2 atom stereocenters. The molecule has 1 aromatic carbocycles. The predicted octanol–water partition coefficient (Wildman–Crippen LogP) is 3.34. The van der Waals surface area contributed by atoms with Crippen LogP contribution in [-0.4, -0.2) is 35.7 Å². The number of nitrogens with one attached hydrogen (secondary N) is 2. The van der Waals surface area contributed by atoms with Crippen molar-refractivity contribution in [2.75, 3.05) is 13.2 Å². The fourth-order valence-corrected chi connectivity index (χ4v) is 4.07. The van der Waals surface area contributed by atoms with Gasteiger partial charge in [-0.1, -0.05) is 39.0 Å². The second-order valence-electron chi connectivity index (χ2n) is 7.85. The fraction of sp³-hybridized carbons (Fsp3) is 0.571. The molecule has 1 aliphatic rings. The van der Waals surface area contributed by atoms with Gasteiger partial charge in [0.1, 0.15) is 5.54 Å². The molecule has 27 heavy (non-hydrogen) atoms. The second-order valence-corrected chi connectivity index (χ2v) is 7.85. The van der Waals surface area contributed by atoms with Gasteiger partial charge in [0.05, 0.1) is 6.10 Å². The maximum Gasteiger partial charge on any atom is 0.240 e. The lowest BCUT2D eigenvalue weighted by atomic mass is 9.54. The maximum absolute atomic E-state index is 12.7. The number of aromatic amines is 1. The van der Waals surface area contributed by atoms with E-state index in [0.717, 1.165) is 12.8 Å². The van der Waals surface area contributed by atoms with E-state index in [0.29, 0.717) is 19.6 Å². The molecule has 150 valence electrons. The molecule has 1 saturated carbocycles. The van der Waals surface area contributed by atoms with Crippen LogP contribution < -0.4 is 11.1 Å². The fourth-order valence-electron chi connectivity index (χ4n) is 4.07. The van der Waals surface area contributed by atoms with Gasteiger partial charge in [-0.3, -0.25) is 4.79 Å². The number of hydrogen-bond donors (Lipinski definition) is 3. The zero-order valence-electron chi connectivity index (χ0n) is 16.7. The second kappa shape index (κ2) is 8.21. The van der Waals surface area contributed by atoms with Gasteiger partial charge in [-0.2, -0.15) is 0 Å². The third kappa shape index (κ3) is 3.60. The molecule has 1 aliphatic carbocycles. The van der Waals surface area contributed by atoms with Gasteiger partial charge in [-0.05, 0) is 30.9 Å². The molecule has 1 aromatic heterocycles. The highest BCUT2D eigenvalue weighted by atomic mass is 35.5. The lowest BCUT2D eigenvalue weighted by Gasteiger charge is -2.57. The van der Waals surface area contributed by atoms with Gasteiger partial charge < -0.3 is 20.8 Å². The number of carbonyl (C=O) groups excluding carboxylic acids is 1. The van der Waals surface area contributed by atoms with Crippen LogP contribution in [0.2, 0.25) is 0 Å². The van der Waals surface area contributed by atoms with Gasteiger partial charge in [-0.25, -0.2) is 0 Å². The number of rotatable bonds is 7. The van der Waals surface area contributed by atoms with Crippen molar-refractivity contribution in [1.29, 1.82) is 0 Å². The molecule has 1 fully saturated rings. The average molecular weight is 394 g/mol. The number of aromatic nitrogens is 1. The van der Waals surface area contributed by atoms with Crippen molar-refractivity contribution in [3.8, 4) is 0 Å². The van der Waals surface area contributed by atoms with Gasteiger partial charge in [0.15, 0.2) is 0 Å². The number of amides is 1. The van der Waals surface area contributed by atoms with Gasteiger partial charge >= 0.3 is 0 Å². The highest BCUT2D eigenvalue weighted by Gasteiger charge is 2.62. The zero-order valence-corrected chi connectivity index (χ0v) is 17.5. The minimum atomic E-state index is -0.859. The molecule has 0 bridgehead atoms. The Labute approximate surface area is 167 Å². The smallest absolute Gasteiger partial charge is 0.240 e. The quantitative estimate of drug-likeness (QED) is 0.674. The molecule has 0 saturated heterocycles. The van der Waals surface area contributed by atoms with Crippen LogP contribution in [0.5, 0.6) is 0 Å². The molecule has 2 unspecified atom stereocenters. The minimum absolute atomic E-state index is 0. The molecule has 6 heteroatoms. The Morgan fingerprint density at radius 2 is 2.07 bits per heavy atom. The number of ether oxygens (including phenoxy) is 1. The molecular formula is C21H32ClN3O2. The summed E-state index contributed by atoms with van der Waals surface area (Å²) >= 11 is 0. The van der Waals surface area contributed by atoms with Crippen LogP contribution in [0.1, 0.15) is 45.2 Å². The summed E-state index contributed by atoms with van der Waals surface area (Å²) in [6.45, 7) is 9.39. The van der Waals surface area contributed by atoms with E-state index >= 15 is 0 Å². The molecule has 0 spiro atoms. The molecule has 0 aliphatic heterocycles. The van der Waals surface area contributed by atoms with Crippen LogP contribution in [-0.2, 0) is 22.4 Å². The first-order valence-electron chi connectivity index (χ1n) is 9.61. The number of aryl methyl sites for hydroxylation is 1. The number of para-hydroxylation sites is 1. The summed E-state index contributed by atoms with van der Waals surface area (Å²) in [6, 6.07) is 6.38. The zero-order chi connectivity index (χ0) is 18.9. The number of fused-ring (bicyclic) bond motifs is 1.